The Morgan fingerprint density at radius 3 is 2.21 bits per heavy atom. The van der Waals surface area contributed by atoms with Gasteiger partial charge < -0.3 is 24.1 Å². The first-order chi connectivity index (χ1) is 11.6. The molecule has 2 unspecified atom stereocenters. The largest absolute Gasteiger partial charge is 0.507 e. The Morgan fingerprint density at radius 2 is 1.67 bits per heavy atom. The van der Waals surface area contributed by atoms with Gasteiger partial charge in [0.15, 0.2) is 18.4 Å². The minimum absolute atomic E-state index is 0.151. The summed E-state index contributed by atoms with van der Waals surface area (Å²) in [6, 6.07) is 3.07. The molecule has 0 saturated carbocycles. The van der Waals surface area contributed by atoms with Crippen LogP contribution in [0.4, 0.5) is 0 Å². The van der Waals surface area contributed by atoms with E-state index in [1.165, 1.54) is 13.0 Å². The van der Waals surface area contributed by atoms with Gasteiger partial charge in [-0.15, -0.1) is 0 Å². The van der Waals surface area contributed by atoms with Gasteiger partial charge in [-0.3, -0.25) is 4.79 Å². The van der Waals surface area contributed by atoms with Crippen molar-refractivity contribution >= 4 is 5.78 Å². The van der Waals surface area contributed by atoms with Crippen LogP contribution >= 0.6 is 0 Å². The fraction of sp³-hybridized carbons (Fsp3) is 0.611. The first-order valence-corrected chi connectivity index (χ1v) is 8.58. The molecule has 6 nitrogen and oxygen atoms in total. The SMILES string of the molecule is CC(=O)c1c(O)cc(OC2CCCCO2)cc1OC1CCCCO1. The van der Waals surface area contributed by atoms with Crippen LogP contribution in [0.3, 0.4) is 0 Å². The maximum Gasteiger partial charge on any atom is 0.199 e. The minimum Gasteiger partial charge on any atom is -0.507 e. The molecular weight excluding hydrogens is 312 g/mol. The average Bonchev–Trinajstić information content (AvgIpc) is 2.56. The van der Waals surface area contributed by atoms with Gasteiger partial charge in [-0.05, 0) is 32.6 Å². The Bertz CT molecular complexity index is 573. The first kappa shape index (κ1) is 17.0. The van der Waals surface area contributed by atoms with Gasteiger partial charge >= 0.3 is 0 Å². The number of rotatable bonds is 5. The zero-order valence-corrected chi connectivity index (χ0v) is 14.0. The molecule has 2 aliphatic heterocycles. The van der Waals surface area contributed by atoms with Crippen LogP contribution in [0.15, 0.2) is 12.1 Å². The summed E-state index contributed by atoms with van der Waals surface area (Å²) >= 11 is 0. The standard InChI is InChI=1S/C18H24O6/c1-12(19)18-14(20)10-13(23-16-6-2-4-8-21-16)11-15(18)24-17-7-3-5-9-22-17/h10-11,16-17,20H,2-9H2,1H3. The topological polar surface area (TPSA) is 74.2 Å². The molecule has 132 valence electrons. The van der Waals surface area contributed by atoms with Crippen LogP contribution in [0.2, 0.25) is 0 Å². The van der Waals surface area contributed by atoms with E-state index in [1.54, 1.807) is 6.07 Å². The third-order valence-corrected chi connectivity index (χ3v) is 4.21. The summed E-state index contributed by atoms with van der Waals surface area (Å²) in [4.78, 5) is 11.9. The molecule has 1 aromatic carbocycles. The highest BCUT2D eigenvalue weighted by Gasteiger charge is 2.23. The van der Waals surface area contributed by atoms with Crippen LogP contribution in [0.25, 0.3) is 0 Å². The van der Waals surface area contributed by atoms with Gasteiger partial charge in [-0.25, -0.2) is 0 Å². The molecule has 0 radical (unpaired) electrons. The summed E-state index contributed by atoms with van der Waals surface area (Å²) < 4.78 is 22.7. The number of aromatic hydroxyl groups is 1. The van der Waals surface area contributed by atoms with Crippen molar-refractivity contribution in [1.29, 1.82) is 0 Å². The molecule has 6 heteroatoms. The second kappa shape index (κ2) is 7.85. The summed E-state index contributed by atoms with van der Waals surface area (Å²) in [6.07, 6.45) is 4.91. The van der Waals surface area contributed by atoms with Crippen molar-refractivity contribution in [2.24, 2.45) is 0 Å². The monoisotopic (exact) mass is 336 g/mol. The molecule has 2 atom stereocenters. The van der Waals surface area contributed by atoms with Gasteiger partial charge in [-0.1, -0.05) is 0 Å². The molecule has 0 aromatic heterocycles. The highest BCUT2D eigenvalue weighted by molar-refractivity contribution is 5.99. The summed E-state index contributed by atoms with van der Waals surface area (Å²) in [7, 11) is 0. The zero-order valence-electron chi connectivity index (χ0n) is 14.0. The predicted molar refractivity (Wildman–Crippen MR) is 86.5 cm³/mol. The van der Waals surface area contributed by atoms with E-state index in [4.69, 9.17) is 18.9 Å². The number of hydrogen-bond donors (Lipinski definition) is 1. The molecule has 3 rings (SSSR count). The average molecular weight is 336 g/mol. The van der Waals surface area contributed by atoms with E-state index in [-0.39, 0.29) is 23.4 Å². The number of phenolic OH excluding ortho intramolecular Hbond substituents is 1. The van der Waals surface area contributed by atoms with Crippen LogP contribution in [0.5, 0.6) is 17.2 Å². The van der Waals surface area contributed by atoms with E-state index < -0.39 is 6.29 Å². The second-order valence-corrected chi connectivity index (χ2v) is 6.20. The Morgan fingerprint density at radius 1 is 1.04 bits per heavy atom. The van der Waals surface area contributed by atoms with Crippen molar-refractivity contribution < 1.29 is 28.8 Å². The number of ketones is 1. The van der Waals surface area contributed by atoms with E-state index >= 15 is 0 Å². The van der Waals surface area contributed by atoms with Crippen LogP contribution in [0.1, 0.15) is 55.8 Å². The Labute approximate surface area is 141 Å². The number of hydrogen-bond acceptors (Lipinski definition) is 6. The van der Waals surface area contributed by atoms with Gasteiger partial charge in [0.05, 0.1) is 13.2 Å². The molecule has 0 aliphatic carbocycles. The molecule has 2 aliphatic rings. The fourth-order valence-corrected chi connectivity index (χ4v) is 2.99. The smallest absolute Gasteiger partial charge is 0.199 e. The quantitative estimate of drug-likeness (QED) is 0.831. The van der Waals surface area contributed by atoms with Crippen molar-refractivity contribution in [3.05, 3.63) is 17.7 Å². The molecule has 0 amide bonds. The number of phenols is 1. The van der Waals surface area contributed by atoms with Gasteiger partial charge in [0.25, 0.3) is 0 Å². The number of carbonyl (C=O) groups is 1. The molecule has 1 aromatic rings. The molecule has 2 fully saturated rings. The highest BCUT2D eigenvalue weighted by atomic mass is 16.7. The maximum absolute atomic E-state index is 11.9. The van der Waals surface area contributed by atoms with E-state index in [0.717, 1.165) is 38.5 Å². The van der Waals surface area contributed by atoms with Gasteiger partial charge in [0.1, 0.15) is 22.8 Å². The van der Waals surface area contributed by atoms with Crippen molar-refractivity contribution in [2.45, 2.75) is 58.0 Å². The molecule has 2 heterocycles. The minimum atomic E-state index is -0.405. The van der Waals surface area contributed by atoms with Crippen molar-refractivity contribution in [3.63, 3.8) is 0 Å². The normalized spacial score (nSPS) is 24.4. The molecule has 0 bridgehead atoms. The molecule has 2 saturated heterocycles. The number of carbonyl (C=O) groups excluding carboxylic acids is 1. The van der Waals surface area contributed by atoms with Gasteiger partial charge in [0, 0.05) is 25.0 Å². The fourth-order valence-electron chi connectivity index (χ4n) is 2.99. The maximum atomic E-state index is 11.9. The second-order valence-electron chi connectivity index (χ2n) is 6.20. The molecule has 24 heavy (non-hydrogen) atoms. The Kier molecular flexibility index (Phi) is 5.58. The summed E-state index contributed by atoms with van der Waals surface area (Å²) in [6.45, 7) is 2.70. The third kappa shape index (κ3) is 4.19. The zero-order chi connectivity index (χ0) is 16.9. The van der Waals surface area contributed by atoms with Crippen LogP contribution in [0, 0.1) is 0 Å². The summed E-state index contributed by atoms with van der Waals surface area (Å²) in [5, 5.41) is 10.2. The predicted octanol–water partition coefficient (Wildman–Crippen LogP) is 3.41. The van der Waals surface area contributed by atoms with Crippen molar-refractivity contribution in [1.82, 2.24) is 0 Å². The van der Waals surface area contributed by atoms with E-state index in [9.17, 15) is 9.90 Å². The molecule has 1 N–H and O–H groups in total. The summed E-state index contributed by atoms with van der Waals surface area (Å²) in [5.41, 5.74) is 0.154. The van der Waals surface area contributed by atoms with Crippen LogP contribution < -0.4 is 9.47 Å². The lowest BCUT2D eigenvalue weighted by atomic mass is 10.1. The van der Waals surface area contributed by atoms with Crippen LogP contribution in [-0.4, -0.2) is 36.7 Å². The lowest BCUT2D eigenvalue weighted by Crippen LogP contribution is -2.26. The summed E-state index contributed by atoms with van der Waals surface area (Å²) in [5.74, 6) is 0.302. The van der Waals surface area contributed by atoms with Crippen molar-refractivity contribution in [3.8, 4) is 17.2 Å². The third-order valence-electron chi connectivity index (χ3n) is 4.21. The van der Waals surface area contributed by atoms with E-state index in [0.29, 0.717) is 24.7 Å². The lowest BCUT2D eigenvalue weighted by molar-refractivity contribution is -0.109. The molecular formula is C18H24O6. The van der Waals surface area contributed by atoms with E-state index in [1.807, 2.05) is 0 Å². The Balaban J connectivity index is 1.81. The van der Waals surface area contributed by atoms with E-state index in [2.05, 4.69) is 0 Å². The highest BCUT2D eigenvalue weighted by Crippen LogP contribution is 2.36. The number of Topliss-reactive ketones (excluding diaryl/α,β-unsaturated/α-hetero) is 1. The Hall–Kier alpha value is -1.79. The van der Waals surface area contributed by atoms with Crippen molar-refractivity contribution in [2.75, 3.05) is 13.2 Å². The van der Waals surface area contributed by atoms with Gasteiger partial charge in [-0.2, -0.15) is 0 Å². The first-order valence-electron chi connectivity index (χ1n) is 8.58. The van der Waals surface area contributed by atoms with Crippen LogP contribution in [-0.2, 0) is 9.47 Å². The number of ether oxygens (including phenoxy) is 4. The lowest BCUT2D eigenvalue weighted by Gasteiger charge is -2.26. The van der Waals surface area contributed by atoms with Gasteiger partial charge in [0.2, 0.25) is 0 Å². The molecule has 0 spiro atoms. The number of benzene rings is 1.